The van der Waals surface area contributed by atoms with Crippen molar-refractivity contribution in [3.63, 3.8) is 0 Å². The highest BCUT2D eigenvalue weighted by Crippen LogP contribution is 2.00. The topological polar surface area (TPSA) is 85.2 Å². The predicted octanol–water partition coefficient (Wildman–Crippen LogP) is -1.31. The van der Waals surface area contributed by atoms with Crippen LogP contribution in [-0.4, -0.2) is 49.4 Å². The number of hydrogen-bond donors (Lipinski definition) is 2. The van der Waals surface area contributed by atoms with Gasteiger partial charge < -0.3 is 10.2 Å². The van der Waals surface area contributed by atoms with Crippen molar-refractivity contribution in [1.29, 1.82) is 5.26 Å². The molecule has 6 nitrogen and oxygen atoms in total. The lowest BCUT2D eigenvalue weighted by atomic mass is 10.1. The molecule has 0 aromatic heterocycles. The van der Waals surface area contributed by atoms with Crippen molar-refractivity contribution >= 4 is 11.8 Å². The molecule has 1 heterocycles. The Balaban J connectivity index is 2.45. The highest BCUT2D eigenvalue weighted by Gasteiger charge is 2.26. The van der Waals surface area contributed by atoms with Gasteiger partial charge in [-0.15, -0.1) is 0 Å². The first-order valence-electron chi connectivity index (χ1n) is 5.19. The van der Waals surface area contributed by atoms with Crippen molar-refractivity contribution in [2.45, 2.75) is 13.0 Å². The third-order valence-electron chi connectivity index (χ3n) is 2.45. The lowest BCUT2D eigenvalue weighted by Crippen LogP contribution is -2.58. The number of nitriles is 1. The van der Waals surface area contributed by atoms with Crippen molar-refractivity contribution in [3.8, 4) is 6.07 Å². The van der Waals surface area contributed by atoms with Gasteiger partial charge in [0.05, 0.1) is 18.5 Å². The van der Waals surface area contributed by atoms with Crippen LogP contribution in [0.1, 0.15) is 6.92 Å². The molecule has 16 heavy (non-hydrogen) atoms. The molecule has 0 bridgehead atoms. The van der Waals surface area contributed by atoms with E-state index in [-0.39, 0.29) is 30.3 Å². The molecule has 0 aliphatic carbocycles. The van der Waals surface area contributed by atoms with E-state index in [4.69, 9.17) is 5.26 Å². The van der Waals surface area contributed by atoms with Gasteiger partial charge in [-0.2, -0.15) is 5.26 Å². The Labute approximate surface area is 94.6 Å². The summed E-state index contributed by atoms with van der Waals surface area (Å²) in [6.07, 6.45) is 0. The fraction of sp³-hybridized carbons (Fsp3) is 0.700. The van der Waals surface area contributed by atoms with E-state index in [1.807, 2.05) is 0 Å². The second kappa shape index (κ2) is 5.47. The number of likely N-dealkylation sites (N-methyl/N-ethyl adjacent to an activating group) is 1. The van der Waals surface area contributed by atoms with Gasteiger partial charge in [-0.3, -0.25) is 14.9 Å². The minimum Gasteiger partial charge on any atom is -0.353 e. The molecule has 0 aromatic carbocycles. The molecule has 88 valence electrons. The average molecular weight is 224 g/mol. The Morgan fingerprint density at radius 2 is 2.44 bits per heavy atom. The first kappa shape index (κ1) is 12.5. The minimum atomic E-state index is -0.381. The van der Waals surface area contributed by atoms with Crippen LogP contribution < -0.4 is 10.6 Å². The molecule has 2 amide bonds. The number of piperazine rings is 1. The van der Waals surface area contributed by atoms with Gasteiger partial charge >= 0.3 is 0 Å². The summed E-state index contributed by atoms with van der Waals surface area (Å²) in [5.74, 6) is -0.383. The highest BCUT2D eigenvalue weighted by molar-refractivity contribution is 5.86. The Morgan fingerprint density at radius 1 is 1.75 bits per heavy atom. The van der Waals surface area contributed by atoms with Crippen molar-refractivity contribution in [3.05, 3.63) is 0 Å². The van der Waals surface area contributed by atoms with Crippen molar-refractivity contribution < 1.29 is 9.59 Å². The maximum atomic E-state index is 11.9. The van der Waals surface area contributed by atoms with E-state index in [0.29, 0.717) is 13.1 Å². The number of carbonyl (C=O) groups excluding carboxylic acids is 2. The van der Waals surface area contributed by atoms with Gasteiger partial charge in [0.15, 0.2) is 0 Å². The Morgan fingerprint density at radius 3 is 2.94 bits per heavy atom. The summed E-state index contributed by atoms with van der Waals surface area (Å²) in [5.41, 5.74) is 0. The SMILES string of the molecule is CC(C#N)CN(C)C(=O)C1CNC(=O)CN1. The number of amides is 2. The molecule has 1 aliphatic rings. The second-order valence-electron chi connectivity index (χ2n) is 3.99. The van der Waals surface area contributed by atoms with Crippen LogP contribution in [0.2, 0.25) is 0 Å². The maximum Gasteiger partial charge on any atom is 0.241 e. The highest BCUT2D eigenvalue weighted by atomic mass is 16.2. The normalized spacial score (nSPS) is 21.8. The quantitative estimate of drug-likeness (QED) is 0.623. The van der Waals surface area contributed by atoms with E-state index in [1.54, 1.807) is 14.0 Å². The molecule has 1 rings (SSSR count). The lowest BCUT2D eigenvalue weighted by Gasteiger charge is -2.28. The number of rotatable bonds is 3. The maximum absolute atomic E-state index is 11.9. The van der Waals surface area contributed by atoms with Crippen LogP contribution in [0.4, 0.5) is 0 Å². The molecule has 6 heteroatoms. The summed E-state index contributed by atoms with van der Waals surface area (Å²) in [4.78, 5) is 24.3. The molecule has 0 aromatic rings. The standard InChI is InChI=1S/C10H16N4O2/c1-7(3-11)6-14(2)10(16)8-4-13-9(15)5-12-8/h7-8,12H,4-6H2,1-2H3,(H,13,15). The van der Waals surface area contributed by atoms with Crippen LogP contribution in [0.15, 0.2) is 0 Å². The molecule has 0 spiro atoms. The monoisotopic (exact) mass is 224 g/mol. The van der Waals surface area contributed by atoms with Crippen LogP contribution in [0.5, 0.6) is 0 Å². The Kier molecular flexibility index (Phi) is 4.26. The third kappa shape index (κ3) is 3.21. The van der Waals surface area contributed by atoms with Crippen LogP contribution in [0.3, 0.4) is 0 Å². The molecule has 1 fully saturated rings. The largest absolute Gasteiger partial charge is 0.353 e. The molecule has 2 N–H and O–H groups in total. The zero-order valence-corrected chi connectivity index (χ0v) is 9.49. The summed E-state index contributed by atoms with van der Waals surface area (Å²) in [6.45, 7) is 2.64. The number of nitrogens with zero attached hydrogens (tertiary/aromatic N) is 2. The summed E-state index contributed by atoms with van der Waals surface area (Å²) in [6, 6.07) is 1.70. The minimum absolute atomic E-state index is 0.0953. The van der Waals surface area contributed by atoms with Crippen molar-refractivity contribution in [2.75, 3.05) is 26.7 Å². The number of carbonyl (C=O) groups is 2. The van der Waals surface area contributed by atoms with Gasteiger partial charge in [0.25, 0.3) is 0 Å². The van der Waals surface area contributed by atoms with E-state index >= 15 is 0 Å². The van der Waals surface area contributed by atoms with Crippen molar-refractivity contribution in [1.82, 2.24) is 15.5 Å². The fourth-order valence-corrected chi connectivity index (χ4v) is 1.55. The number of nitrogens with one attached hydrogen (secondary N) is 2. The summed E-state index contributed by atoms with van der Waals surface area (Å²) >= 11 is 0. The van der Waals surface area contributed by atoms with Gasteiger partial charge in [-0.25, -0.2) is 0 Å². The van der Waals surface area contributed by atoms with Gasteiger partial charge in [0.1, 0.15) is 6.04 Å². The first-order valence-corrected chi connectivity index (χ1v) is 5.19. The first-order chi connectivity index (χ1) is 7.54. The molecule has 2 unspecified atom stereocenters. The summed E-state index contributed by atoms with van der Waals surface area (Å²) < 4.78 is 0. The van der Waals surface area contributed by atoms with E-state index in [1.165, 1.54) is 4.90 Å². The van der Waals surface area contributed by atoms with E-state index in [9.17, 15) is 9.59 Å². The molecule has 1 saturated heterocycles. The average Bonchev–Trinajstić information content (AvgIpc) is 2.28. The summed E-state index contributed by atoms with van der Waals surface area (Å²) in [7, 11) is 1.66. The van der Waals surface area contributed by atoms with Crippen LogP contribution in [0.25, 0.3) is 0 Å². The Hall–Kier alpha value is -1.61. The molecular formula is C10H16N4O2. The van der Waals surface area contributed by atoms with Gasteiger partial charge in [0.2, 0.25) is 11.8 Å². The van der Waals surface area contributed by atoms with Crippen LogP contribution in [-0.2, 0) is 9.59 Å². The van der Waals surface area contributed by atoms with Gasteiger partial charge in [-0.05, 0) is 6.92 Å². The predicted molar refractivity (Wildman–Crippen MR) is 57.2 cm³/mol. The second-order valence-corrected chi connectivity index (χ2v) is 3.99. The summed E-state index contributed by atoms with van der Waals surface area (Å²) in [5, 5.41) is 14.1. The molecule has 1 aliphatic heterocycles. The Bertz CT molecular complexity index is 313. The lowest BCUT2D eigenvalue weighted by molar-refractivity contribution is -0.134. The molecule has 0 radical (unpaired) electrons. The van der Waals surface area contributed by atoms with E-state index in [2.05, 4.69) is 16.7 Å². The molecule has 2 atom stereocenters. The van der Waals surface area contributed by atoms with E-state index < -0.39 is 0 Å². The van der Waals surface area contributed by atoms with Crippen LogP contribution >= 0.6 is 0 Å². The van der Waals surface area contributed by atoms with E-state index in [0.717, 1.165) is 0 Å². The molecule has 0 saturated carbocycles. The fourth-order valence-electron chi connectivity index (χ4n) is 1.55. The zero-order valence-electron chi connectivity index (χ0n) is 9.49. The van der Waals surface area contributed by atoms with Crippen LogP contribution in [0, 0.1) is 17.2 Å². The van der Waals surface area contributed by atoms with Gasteiger partial charge in [-0.1, -0.05) is 0 Å². The zero-order chi connectivity index (χ0) is 12.1. The smallest absolute Gasteiger partial charge is 0.241 e. The van der Waals surface area contributed by atoms with Crippen molar-refractivity contribution in [2.24, 2.45) is 5.92 Å². The van der Waals surface area contributed by atoms with Gasteiger partial charge in [0, 0.05) is 20.1 Å². The molecular weight excluding hydrogens is 208 g/mol. The number of hydrogen-bond acceptors (Lipinski definition) is 4. The third-order valence-corrected chi connectivity index (χ3v) is 2.45.